The molecule has 7 heteroatoms. The van der Waals surface area contributed by atoms with E-state index >= 15 is 0 Å². The summed E-state index contributed by atoms with van der Waals surface area (Å²) in [5.41, 5.74) is 1.26. The van der Waals surface area contributed by atoms with Crippen molar-refractivity contribution in [2.45, 2.75) is 6.42 Å². The lowest BCUT2D eigenvalue weighted by molar-refractivity contribution is -0.115. The standard InChI is InChI=1S/C19H17ClN2O3S/c20-15-7-1-2-8-17(15)25-10-4-9-24-14-6-3-5-13(11-14)12-16-18(23)22-19(26)21-16/h1-3,5-8,11-12H,4,9-10H2,(H2,21,22,23,26). The number of halogens is 1. The van der Waals surface area contributed by atoms with Gasteiger partial charge in [0.05, 0.1) is 18.2 Å². The van der Waals surface area contributed by atoms with E-state index in [0.717, 1.165) is 17.7 Å². The highest BCUT2D eigenvalue weighted by Gasteiger charge is 2.19. The number of thiocarbonyl (C=S) groups is 1. The van der Waals surface area contributed by atoms with Crippen molar-refractivity contribution >= 4 is 40.9 Å². The number of rotatable bonds is 7. The fourth-order valence-electron chi connectivity index (χ4n) is 2.34. The summed E-state index contributed by atoms with van der Waals surface area (Å²) >= 11 is 10.9. The molecule has 26 heavy (non-hydrogen) atoms. The summed E-state index contributed by atoms with van der Waals surface area (Å²) in [5.74, 6) is 1.15. The molecule has 0 aliphatic carbocycles. The third-order valence-electron chi connectivity index (χ3n) is 3.54. The Morgan fingerprint density at radius 1 is 1.04 bits per heavy atom. The first-order valence-electron chi connectivity index (χ1n) is 8.06. The molecule has 1 aliphatic heterocycles. The highest BCUT2D eigenvalue weighted by Crippen LogP contribution is 2.23. The number of nitrogens with one attached hydrogen (secondary N) is 2. The van der Waals surface area contributed by atoms with Gasteiger partial charge in [0.15, 0.2) is 5.11 Å². The number of carbonyl (C=O) groups is 1. The Balaban J connectivity index is 1.48. The minimum Gasteiger partial charge on any atom is -0.493 e. The van der Waals surface area contributed by atoms with Gasteiger partial charge in [0.2, 0.25) is 0 Å². The van der Waals surface area contributed by atoms with Crippen LogP contribution in [0, 0.1) is 0 Å². The smallest absolute Gasteiger partial charge is 0.273 e. The molecule has 1 heterocycles. The molecular weight excluding hydrogens is 372 g/mol. The summed E-state index contributed by atoms with van der Waals surface area (Å²) in [4.78, 5) is 11.7. The molecule has 0 unspecified atom stereocenters. The van der Waals surface area contributed by atoms with Gasteiger partial charge in [0.1, 0.15) is 17.2 Å². The van der Waals surface area contributed by atoms with Crippen LogP contribution in [-0.4, -0.2) is 24.2 Å². The average molecular weight is 389 g/mol. The molecule has 1 fully saturated rings. The predicted octanol–water partition coefficient (Wildman–Crippen LogP) is 3.53. The lowest BCUT2D eigenvalue weighted by atomic mass is 10.2. The molecule has 1 aliphatic rings. The van der Waals surface area contributed by atoms with Crippen LogP contribution in [0.25, 0.3) is 6.08 Å². The number of ether oxygens (including phenoxy) is 2. The second kappa shape index (κ2) is 8.69. The fraction of sp³-hybridized carbons (Fsp3) is 0.158. The van der Waals surface area contributed by atoms with Gasteiger partial charge in [0.25, 0.3) is 5.91 Å². The summed E-state index contributed by atoms with van der Waals surface area (Å²) in [7, 11) is 0. The van der Waals surface area contributed by atoms with E-state index in [1.165, 1.54) is 0 Å². The molecule has 0 radical (unpaired) electrons. The topological polar surface area (TPSA) is 59.6 Å². The van der Waals surface area contributed by atoms with Crippen molar-refractivity contribution in [1.82, 2.24) is 10.6 Å². The summed E-state index contributed by atoms with van der Waals surface area (Å²) in [6.07, 6.45) is 2.44. The van der Waals surface area contributed by atoms with Crippen molar-refractivity contribution in [2.24, 2.45) is 0 Å². The molecular formula is C19H17ClN2O3S. The van der Waals surface area contributed by atoms with Gasteiger partial charge < -0.3 is 14.8 Å². The lowest BCUT2D eigenvalue weighted by Gasteiger charge is -2.09. The first-order chi connectivity index (χ1) is 12.6. The number of para-hydroxylation sites is 1. The molecule has 0 saturated carbocycles. The Morgan fingerprint density at radius 3 is 2.62 bits per heavy atom. The maximum atomic E-state index is 11.7. The van der Waals surface area contributed by atoms with E-state index in [0.29, 0.717) is 34.8 Å². The number of hydrogen-bond acceptors (Lipinski definition) is 4. The van der Waals surface area contributed by atoms with Crippen LogP contribution in [0.4, 0.5) is 0 Å². The van der Waals surface area contributed by atoms with Gasteiger partial charge in [-0.05, 0) is 48.1 Å². The SMILES string of the molecule is O=C1NC(=S)NC1=Cc1cccc(OCCCOc2ccccc2Cl)c1. The molecule has 1 amide bonds. The largest absolute Gasteiger partial charge is 0.493 e. The van der Waals surface area contributed by atoms with Gasteiger partial charge >= 0.3 is 0 Å². The van der Waals surface area contributed by atoms with Crippen molar-refractivity contribution in [3.63, 3.8) is 0 Å². The van der Waals surface area contributed by atoms with Crippen LogP contribution in [0.5, 0.6) is 11.5 Å². The first-order valence-corrected chi connectivity index (χ1v) is 8.85. The Bertz CT molecular complexity index is 854. The minimum absolute atomic E-state index is 0.238. The maximum absolute atomic E-state index is 11.7. The number of benzene rings is 2. The monoisotopic (exact) mass is 388 g/mol. The van der Waals surface area contributed by atoms with Crippen molar-refractivity contribution in [3.05, 3.63) is 64.8 Å². The zero-order chi connectivity index (χ0) is 18.4. The molecule has 0 aromatic heterocycles. The van der Waals surface area contributed by atoms with Gasteiger partial charge in [-0.15, -0.1) is 0 Å². The number of amides is 1. The van der Waals surface area contributed by atoms with Crippen LogP contribution in [-0.2, 0) is 4.79 Å². The molecule has 0 spiro atoms. The molecule has 134 valence electrons. The third kappa shape index (κ3) is 4.97. The summed E-state index contributed by atoms with van der Waals surface area (Å²) < 4.78 is 11.4. The molecule has 5 nitrogen and oxygen atoms in total. The Morgan fingerprint density at radius 2 is 1.85 bits per heavy atom. The first kappa shape index (κ1) is 18.2. The molecule has 1 saturated heterocycles. The summed E-state index contributed by atoms with van der Waals surface area (Å²) in [6.45, 7) is 1.02. The van der Waals surface area contributed by atoms with Crippen LogP contribution < -0.4 is 20.1 Å². The minimum atomic E-state index is -0.238. The Labute approximate surface area is 161 Å². The van der Waals surface area contributed by atoms with E-state index in [9.17, 15) is 4.79 Å². The van der Waals surface area contributed by atoms with Gasteiger partial charge in [-0.3, -0.25) is 10.1 Å². The van der Waals surface area contributed by atoms with Gasteiger partial charge in [-0.2, -0.15) is 0 Å². The van der Waals surface area contributed by atoms with Crippen molar-refractivity contribution < 1.29 is 14.3 Å². The Kier molecular flexibility index (Phi) is 6.09. The van der Waals surface area contributed by atoms with Crippen LogP contribution in [0.2, 0.25) is 5.02 Å². The molecule has 2 aromatic carbocycles. The van der Waals surface area contributed by atoms with E-state index < -0.39 is 0 Å². The van der Waals surface area contributed by atoms with Gasteiger partial charge in [0, 0.05) is 6.42 Å². The molecule has 0 bridgehead atoms. The maximum Gasteiger partial charge on any atom is 0.273 e. The number of carbonyl (C=O) groups excluding carboxylic acids is 1. The van der Waals surface area contributed by atoms with E-state index in [-0.39, 0.29) is 5.91 Å². The van der Waals surface area contributed by atoms with E-state index in [4.69, 9.17) is 33.3 Å². The van der Waals surface area contributed by atoms with Crippen molar-refractivity contribution in [3.8, 4) is 11.5 Å². The van der Waals surface area contributed by atoms with E-state index in [1.54, 1.807) is 12.1 Å². The molecule has 3 rings (SSSR count). The quantitative estimate of drug-likeness (QED) is 0.431. The lowest BCUT2D eigenvalue weighted by Crippen LogP contribution is -2.21. The summed E-state index contributed by atoms with van der Waals surface area (Å²) in [5, 5.41) is 6.25. The zero-order valence-electron chi connectivity index (χ0n) is 13.8. The third-order valence-corrected chi connectivity index (χ3v) is 4.06. The molecule has 2 N–H and O–H groups in total. The highest BCUT2D eigenvalue weighted by atomic mass is 35.5. The van der Waals surface area contributed by atoms with Crippen LogP contribution in [0.1, 0.15) is 12.0 Å². The summed E-state index contributed by atoms with van der Waals surface area (Å²) in [6, 6.07) is 14.8. The van der Waals surface area contributed by atoms with Crippen molar-refractivity contribution in [1.29, 1.82) is 0 Å². The molecule has 0 atom stereocenters. The second-order valence-corrected chi connectivity index (χ2v) is 6.34. The predicted molar refractivity (Wildman–Crippen MR) is 105 cm³/mol. The van der Waals surface area contributed by atoms with E-state index in [1.807, 2.05) is 42.5 Å². The highest BCUT2D eigenvalue weighted by molar-refractivity contribution is 7.80. The van der Waals surface area contributed by atoms with Crippen LogP contribution in [0.15, 0.2) is 54.2 Å². The van der Waals surface area contributed by atoms with Crippen LogP contribution in [0.3, 0.4) is 0 Å². The van der Waals surface area contributed by atoms with Gasteiger partial charge in [-0.25, -0.2) is 0 Å². The van der Waals surface area contributed by atoms with Crippen molar-refractivity contribution in [2.75, 3.05) is 13.2 Å². The van der Waals surface area contributed by atoms with E-state index in [2.05, 4.69) is 10.6 Å². The second-order valence-electron chi connectivity index (χ2n) is 5.52. The Hall–Kier alpha value is -2.57. The van der Waals surface area contributed by atoms with Crippen LogP contribution >= 0.6 is 23.8 Å². The molecule has 2 aromatic rings. The van der Waals surface area contributed by atoms with Gasteiger partial charge in [-0.1, -0.05) is 35.9 Å². The number of hydrogen-bond donors (Lipinski definition) is 2. The average Bonchev–Trinajstić information content (AvgIpc) is 2.94. The fourth-order valence-corrected chi connectivity index (χ4v) is 2.73. The normalized spacial score (nSPS) is 14.9. The zero-order valence-corrected chi connectivity index (χ0v) is 15.4.